The number of hydrogen-bond donors (Lipinski definition) is 0. The lowest BCUT2D eigenvalue weighted by atomic mass is 10.1. The molecule has 5 nitrogen and oxygen atoms in total. The number of benzene rings is 1. The summed E-state index contributed by atoms with van der Waals surface area (Å²) in [6.07, 6.45) is 4.10. The molecular formula is C20H28ClNO4. The number of carbonyl (C=O) groups excluding carboxylic acids is 2. The Kier molecular flexibility index (Phi) is 9.99. The number of hydrogen-bond acceptors (Lipinski definition) is 4. The van der Waals surface area contributed by atoms with Crippen molar-refractivity contribution in [2.45, 2.75) is 33.3 Å². The molecule has 26 heavy (non-hydrogen) atoms. The van der Waals surface area contributed by atoms with Gasteiger partial charge in [0.05, 0.1) is 19.1 Å². The predicted octanol–water partition coefficient (Wildman–Crippen LogP) is 3.81. The molecule has 1 atom stereocenters. The molecule has 6 heteroatoms. The van der Waals surface area contributed by atoms with Crippen molar-refractivity contribution < 1.29 is 19.1 Å². The van der Waals surface area contributed by atoms with Gasteiger partial charge < -0.3 is 14.4 Å². The zero-order valence-electron chi connectivity index (χ0n) is 15.9. The van der Waals surface area contributed by atoms with Crippen LogP contribution in [0, 0.1) is 5.92 Å². The van der Waals surface area contributed by atoms with Crippen molar-refractivity contribution >= 4 is 29.6 Å². The summed E-state index contributed by atoms with van der Waals surface area (Å²) >= 11 is 5.86. The quantitative estimate of drug-likeness (QED) is 0.351. The summed E-state index contributed by atoms with van der Waals surface area (Å²) in [5.41, 5.74) is 0.881. The normalized spacial score (nSPS) is 12.4. The minimum atomic E-state index is -0.390. The lowest BCUT2D eigenvalue weighted by Crippen LogP contribution is -2.37. The second kappa shape index (κ2) is 11.7. The molecule has 1 amide bonds. The molecule has 1 aromatic rings. The first kappa shape index (κ1) is 22.2. The fourth-order valence-corrected chi connectivity index (χ4v) is 2.45. The van der Waals surface area contributed by atoms with Crippen molar-refractivity contribution in [2.24, 2.45) is 5.92 Å². The molecule has 1 aromatic carbocycles. The van der Waals surface area contributed by atoms with Gasteiger partial charge in [-0.15, -0.1) is 0 Å². The van der Waals surface area contributed by atoms with Crippen LogP contribution in [0.3, 0.4) is 0 Å². The monoisotopic (exact) mass is 381 g/mol. The third kappa shape index (κ3) is 8.50. The van der Waals surface area contributed by atoms with Crippen LogP contribution in [0.2, 0.25) is 5.02 Å². The van der Waals surface area contributed by atoms with E-state index in [4.69, 9.17) is 21.1 Å². The standard InChI is InChI=1S/C20H28ClNO4/c1-15(2)26-13-5-12-22(14-16(3)20(24)25-4)19(23)11-8-17-6-9-18(21)10-7-17/h6-11,15-16H,5,12-14H2,1-4H3/b11-8+. The molecule has 144 valence electrons. The Labute approximate surface area is 160 Å². The lowest BCUT2D eigenvalue weighted by molar-refractivity contribution is -0.146. The Morgan fingerprint density at radius 3 is 2.42 bits per heavy atom. The van der Waals surface area contributed by atoms with E-state index in [9.17, 15) is 9.59 Å². The van der Waals surface area contributed by atoms with Crippen LogP contribution >= 0.6 is 11.6 Å². The highest BCUT2D eigenvalue weighted by molar-refractivity contribution is 6.30. The van der Waals surface area contributed by atoms with Gasteiger partial charge in [0.2, 0.25) is 5.91 Å². The van der Waals surface area contributed by atoms with E-state index < -0.39 is 0 Å². The first-order chi connectivity index (χ1) is 12.3. The van der Waals surface area contributed by atoms with Crippen molar-refractivity contribution in [1.29, 1.82) is 0 Å². The SMILES string of the molecule is COC(=O)C(C)CN(CCCOC(C)C)C(=O)/C=C/c1ccc(Cl)cc1. The van der Waals surface area contributed by atoms with Gasteiger partial charge in [0.15, 0.2) is 0 Å². The van der Waals surface area contributed by atoms with Crippen LogP contribution in [0.5, 0.6) is 0 Å². The number of ether oxygens (including phenoxy) is 2. The average molecular weight is 382 g/mol. The molecule has 0 radical (unpaired) electrons. The zero-order chi connectivity index (χ0) is 19.5. The van der Waals surface area contributed by atoms with Crippen molar-refractivity contribution in [1.82, 2.24) is 4.90 Å². The molecule has 0 heterocycles. The predicted molar refractivity (Wildman–Crippen MR) is 104 cm³/mol. The maximum absolute atomic E-state index is 12.6. The second-order valence-corrected chi connectivity index (χ2v) is 6.80. The zero-order valence-corrected chi connectivity index (χ0v) is 16.7. The number of rotatable bonds is 10. The first-order valence-corrected chi connectivity index (χ1v) is 9.13. The largest absolute Gasteiger partial charge is 0.469 e. The fraction of sp³-hybridized carbons (Fsp3) is 0.500. The molecular weight excluding hydrogens is 354 g/mol. The van der Waals surface area contributed by atoms with Gasteiger partial charge in [0.1, 0.15) is 0 Å². The van der Waals surface area contributed by atoms with E-state index in [0.29, 0.717) is 31.1 Å². The van der Waals surface area contributed by atoms with Crippen molar-refractivity contribution in [3.05, 3.63) is 40.9 Å². The Morgan fingerprint density at radius 2 is 1.85 bits per heavy atom. The number of methoxy groups -OCH3 is 1. The van der Waals surface area contributed by atoms with Gasteiger partial charge >= 0.3 is 5.97 Å². The Morgan fingerprint density at radius 1 is 1.19 bits per heavy atom. The van der Waals surface area contributed by atoms with Gasteiger partial charge in [0.25, 0.3) is 0 Å². The molecule has 1 rings (SSSR count). The van der Waals surface area contributed by atoms with Crippen LogP contribution in [-0.4, -0.2) is 49.7 Å². The van der Waals surface area contributed by atoms with E-state index in [1.54, 1.807) is 30.0 Å². The van der Waals surface area contributed by atoms with Gasteiger partial charge in [-0.1, -0.05) is 30.7 Å². The molecule has 0 spiro atoms. The molecule has 1 unspecified atom stereocenters. The summed E-state index contributed by atoms with van der Waals surface area (Å²) in [4.78, 5) is 25.9. The summed E-state index contributed by atoms with van der Waals surface area (Å²) in [6.45, 7) is 7.07. The minimum absolute atomic E-state index is 0.151. The molecule has 0 saturated carbocycles. The van der Waals surface area contributed by atoms with Crippen LogP contribution in [0.1, 0.15) is 32.8 Å². The van der Waals surface area contributed by atoms with E-state index in [0.717, 1.165) is 5.56 Å². The lowest BCUT2D eigenvalue weighted by Gasteiger charge is -2.24. The maximum atomic E-state index is 12.6. The van der Waals surface area contributed by atoms with Crippen LogP contribution in [0.25, 0.3) is 6.08 Å². The first-order valence-electron chi connectivity index (χ1n) is 8.75. The average Bonchev–Trinajstić information content (AvgIpc) is 2.62. The molecule has 0 N–H and O–H groups in total. The summed E-state index contributed by atoms with van der Waals surface area (Å²) in [6, 6.07) is 7.21. The fourth-order valence-electron chi connectivity index (χ4n) is 2.32. The number of halogens is 1. The summed E-state index contributed by atoms with van der Waals surface area (Å²) < 4.78 is 10.3. The summed E-state index contributed by atoms with van der Waals surface area (Å²) in [5.74, 6) is -0.873. The van der Waals surface area contributed by atoms with Crippen molar-refractivity contribution in [2.75, 3.05) is 26.8 Å². The van der Waals surface area contributed by atoms with Gasteiger partial charge in [-0.2, -0.15) is 0 Å². The summed E-state index contributed by atoms with van der Waals surface area (Å²) in [7, 11) is 1.35. The molecule has 0 aliphatic rings. The minimum Gasteiger partial charge on any atom is -0.469 e. The van der Waals surface area contributed by atoms with E-state index in [2.05, 4.69) is 0 Å². The number of amides is 1. The highest BCUT2D eigenvalue weighted by Gasteiger charge is 2.20. The molecule has 0 fully saturated rings. The van der Waals surface area contributed by atoms with Crippen LogP contribution in [0.15, 0.2) is 30.3 Å². The number of esters is 1. The van der Waals surface area contributed by atoms with E-state index in [1.807, 2.05) is 26.0 Å². The molecule has 0 aliphatic heterocycles. The van der Waals surface area contributed by atoms with Crippen LogP contribution in [-0.2, 0) is 19.1 Å². The van der Waals surface area contributed by atoms with Crippen molar-refractivity contribution in [3.63, 3.8) is 0 Å². The van der Waals surface area contributed by atoms with Crippen LogP contribution in [0.4, 0.5) is 0 Å². The van der Waals surface area contributed by atoms with E-state index in [-0.39, 0.29) is 23.9 Å². The van der Waals surface area contributed by atoms with Gasteiger partial charge in [-0.25, -0.2) is 0 Å². The Balaban J connectivity index is 2.72. The van der Waals surface area contributed by atoms with Gasteiger partial charge in [0, 0.05) is 30.8 Å². The molecule has 0 saturated heterocycles. The highest BCUT2D eigenvalue weighted by atomic mass is 35.5. The smallest absolute Gasteiger partial charge is 0.310 e. The number of carbonyl (C=O) groups is 2. The second-order valence-electron chi connectivity index (χ2n) is 6.37. The summed E-state index contributed by atoms with van der Waals surface area (Å²) in [5, 5.41) is 0.646. The van der Waals surface area contributed by atoms with Crippen molar-refractivity contribution in [3.8, 4) is 0 Å². The van der Waals surface area contributed by atoms with E-state index in [1.165, 1.54) is 13.2 Å². The van der Waals surface area contributed by atoms with Gasteiger partial charge in [-0.05, 0) is 44.0 Å². The van der Waals surface area contributed by atoms with Crippen LogP contribution < -0.4 is 0 Å². The highest BCUT2D eigenvalue weighted by Crippen LogP contribution is 2.11. The molecule has 0 aromatic heterocycles. The third-order valence-electron chi connectivity index (χ3n) is 3.72. The van der Waals surface area contributed by atoms with Gasteiger partial charge in [-0.3, -0.25) is 9.59 Å². The number of nitrogens with zero attached hydrogens (tertiary/aromatic N) is 1. The maximum Gasteiger partial charge on any atom is 0.310 e. The van der Waals surface area contributed by atoms with E-state index >= 15 is 0 Å². The molecule has 0 aliphatic carbocycles. The topological polar surface area (TPSA) is 55.8 Å². The Hall–Kier alpha value is -1.85. The Bertz CT molecular complexity index is 598. The third-order valence-corrected chi connectivity index (χ3v) is 3.97. The molecule has 0 bridgehead atoms.